The fourth-order valence-electron chi connectivity index (χ4n) is 2.72. The van der Waals surface area contributed by atoms with E-state index in [1.165, 1.54) is 0 Å². The monoisotopic (exact) mass is 348 g/mol. The minimum atomic E-state index is 0. The SMILES string of the molecule is CCN1CCC(N(C)C(=O)c2ccnc(CN)c2)CC1.Cl.Cl. The highest BCUT2D eigenvalue weighted by Gasteiger charge is 2.25. The summed E-state index contributed by atoms with van der Waals surface area (Å²) in [6.07, 6.45) is 3.75. The van der Waals surface area contributed by atoms with Crippen LogP contribution in [0.1, 0.15) is 35.8 Å². The third-order valence-corrected chi connectivity index (χ3v) is 4.15. The summed E-state index contributed by atoms with van der Waals surface area (Å²) < 4.78 is 0. The molecule has 1 fully saturated rings. The molecule has 0 unspecified atom stereocenters. The lowest BCUT2D eigenvalue weighted by molar-refractivity contribution is 0.0646. The lowest BCUT2D eigenvalue weighted by Gasteiger charge is -2.36. The van der Waals surface area contributed by atoms with E-state index in [0.717, 1.165) is 38.2 Å². The standard InChI is InChI=1S/C15H24N4O.2ClH/c1-3-19-8-5-14(6-9-19)18(2)15(20)12-4-7-17-13(10-12)11-16;;/h4,7,10,14H,3,5-6,8-9,11,16H2,1-2H3;2*1H. The molecule has 7 heteroatoms. The predicted molar refractivity (Wildman–Crippen MR) is 93.9 cm³/mol. The van der Waals surface area contributed by atoms with Crippen LogP contribution < -0.4 is 5.73 Å². The Hall–Kier alpha value is -0.880. The molecule has 0 spiro atoms. The van der Waals surface area contributed by atoms with Crippen LogP contribution >= 0.6 is 24.8 Å². The van der Waals surface area contributed by atoms with Crippen molar-refractivity contribution in [3.63, 3.8) is 0 Å². The number of carbonyl (C=O) groups is 1. The zero-order valence-electron chi connectivity index (χ0n) is 13.2. The average Bonchev–Trinajstić information content (AvgIpc) is 2.53. The van der Waals surface area contributed by atoms with Crippen molar-refractivity contribution in [2.75, 3.05) is 26.7 Å². The van der Waals surface area contributed by atoms with Gasteiger partial charge in [0.25, 0.3) is 5.91 Å². The van der Waals surface area contributed by atoms with Crippen molar-refractivity contribution in [2.24, 2.45) is 5.73 Å². The second-order valence-corrected chi connectivity index (χ2v) is 5.32. The van der Waals surface area contributed by atoms with Crippen LogP contribution in [0.15, 0.2) is 18.3 Å². The number of hydrogen-bond donors (Lipinski definition) is 1. The first-order chi connectivity index (χ1) is 9.65. The third kappa shape index (κ3) is 5.09. The molecule has 1 amide bonds. The first-order valence-corrected chi connectivity index (χ1v) is 7.30. The number of hydrogen-bond acceptors (Lipinski definition) is 4. The van der Waals surface area contributed by atoms with Gasteiger partial charge in [0.1, 0.15) is 0 Å². The summed E-state index contributed by atoms with van der Waals surface area (Å²) in [5.74, 6) is 0.0667. The number of carbonyl (C=O) groups excluding carboxylic acids is 1. The number of piperidine rings is 1. The molecule has 126 valence electrons. The van der Waals surface area contributed by atoms with Gasteiger partial charge in [0.2, 0.25) is 0 Å². The smallest absolute Gasteiger partial charge is 0.253 e. The molecule has 2 heterocycles. The predicted octanol–water partition coefficient (Wildman–Crippen LogP) is 1.94. The Morgan fingerprint density at radius 3 is 2.59 bits per heavy atom. The van der Waals surface area contributed by atoms with Gasteiger partial charge in [0.05, 0.1) is 5.69 Å². The van der Waals surface area contributed by atoms with Crippen LogP contribution in [0, 0.1) is 0 Å². The fourth-order valence-corrected chi connectivity index (χ4v) is 2.72. The van der Waals surface area contributed by atoms with E-state index in [1.807, 2.05) is 11.9 Å². The summed E-state index contributed by atoms with van der Waals surface area (Å²) in [7, 11) is 1.90. The molecule has 1 aromatic rings. The maximum absolute atomic E-state index is 12.5. The molecule has 2 rings (SSSR count). The summed E-state index contributed by atoms with van der Waals surface area (Å²) in [5, 5.41) is 0. The van der Waals surface area contributed by atoms with E-state index in [2.05, 4.69) is 16.8 Å². The Bertz CT molecular complexity index is 465. The summed E-state index contributed by atoms with van der Waals surface area (Å²) in [4.78, 5) is 20.9. The van der Waals surface area contributed by atoms with E-state index < -0.39 is 0 Å². The zero-order valence-corrected chi connectivity index (χ0v) is 14.8. The number of rotatable bonds is 4. The van der Waals surface area contributed by atoms with Crippen LogP contribution in [0.3, 0.4) is 0 Å². The van der Waals surface area contributed by atoms with Gasteiger partial charge in [-0.2, -0.15) is 0 Å². The Morgan fingerprint density at radius 1 is 1.41 bits per heavy atom. The number of halogens is 2. The van der Waals surface area contributed by atoms with Crippen LogP contribution in [0.2, 0.25) is 0 Å². The Labute approximate surface area is 145 Å². The van der Waals surface area contributed by atoms with Crippen LogP contribution in [0.25, 0.3) is 0 Å². The Morgan fingerprint density at radius 2 is 2.05 bits per heavy atom. The molecule has 22 heavy (non-hydrogen) atoms. The lowest BCUT2D eigenvalue weighted by Crippen LogP contribution is -2.45. The molecule has 0 aromatic carbocycles. The molecular formula is C15H26Cl2N4O. The van der Waals surface area contributed by atoms with Gasteiger partial charge in [-0.3, -0.25) is 9.78 Å². The number of aromatic nitrogens is 1. The number of likely N-dealkylation sites (tertiary alicyclic amines) is 1. The molecule has 0 radical (unpaired) electrons. The summed E-state index contributed by atoms with van der Waals surface area (Å²) in [6.45, 7) is 5.78. The Balaban J connectivity index is 0.00000220. The zero-order chi connectivity index (χ0) is 14.5. The largest absolute Gasteiger partial charge is 0.339 e. The number of nitrogens with two attached hydrogens (primary N) is 1. The van der Waals surface area contributed by atoms with Gasteiger partial charge in [-0.25, -0.2) is 0 Å². The maximum Gasteiger partial charge on any atom is 0.253 e. The Kier molecular flexibility index (Phi) is 9.60. The van der Waals surface area contributed by atoms with Gasteiger partial charge < -0.3 is 15.5 Å². The molecule has 1 aromatic heterocycles. The highest BCUT2D eigenvalue weighted by molar-refractivity contribution is 5.94. The van der Waals surface area contributed by atoms with Gasteiger partial charge in [-0.1, -0.05) is 6.92 Å². The molecular weight excluding hydrogens is 323 g/mol. The lowest BCUT2D eigenvalue weighted by atomic mass is 10.0. The van der Waals surface area contributed by atoms with Crippen LogP contribution in [-0.2, 0) is 6.54 Å². The van der Waals surface area contributed by atoms with Crippen molar-refractivity contribution < 1.29 is 4.79 Å². The van der Waals surface area contributed by atoms with E-state index in [9.17, 15) is 4.79 Å². The maximum atomic E-state index is 12.5. The third-order valence-electron chi connectivity index (χ3n) is 4.15. The number of amides is 1. The van der Waals surface area contributed by atoms with Crippen LogP contribution in [0.5, 0.6) is 0 Å². The van der Waals surface area contributed by atoms with Gasteiger partial charge in [-0.05, 0) is 31.5 Å². The molecule has 1 aliphatic heterocycles. The first kappa shape index (κ1) is 21.1. The molecule has 1 aliphatic rings. The van der Waals surface area contributed by atoms with Gasteiger partial charge in [-0.15, -0.1) is 24.8 Å². The van der Waals surface area contributed by atoms with Crippen molar-refractivity contribution in [1.29, 1.82) is 0 Å². The van der Waals surface area contributed by atoms with Crippen LogP contribution in [-0.4, -0.2) is 53.4 Å². The second-order valence-electron chi connectivity index (χ2n) is 5.32. The molecule has 0 saturated carbocycles. The van der Waals surface area contributed by atoms with Gasteiger partial charge >= 0.3 is 0 Å². The first-order valence-electron chi connectivity index (χ1n) is 7.30. The van der Waals surface area contributed by atoms with Crippen molar-refractivity contribution in [1.82, 2.24) is 14.8 Å². The molecule has 1 saturated heterocycles. The summed E-state index contributed by atoms with van der Waals surface area (Å²) in [5.41, 5.74) is 7.01. The normalized spacial score (nSPS) is 15.6. The fraction of sp³-hybridized carbons (Fsp3) is 0.600. The molecule has 0 aliphatic carbocycles. The number of nitrogens with zero attached hydrogens (tertiary/aromatic N) is 3. The second kappa shape index (κ2) is 10.0. The molecule has 5 nitrogen and oxygen atoms in total. The van der Waals surface area contributed by atoms with Gasteiger partial charge in [0, 0.05) is 44.5 Å². The molecule has 2 N–H and O–H groups in total. The van der Waals surface area contributed by atoms with Crippen molar-refractivity contribution in [2.45, 2.75) is 32.4 Å². The number of pyridine rings is 1. The van der Waals surface area contributed by atoms with E-state index in [-0.39, 0.29) is 30.7 Å². The van der Waals surface area contributed by atoms with E-state index in [4.69, 9.17) is 5.73 Å². The quantitative estimate of drug-likeness (QED) is 0.902. The molecule has 0 atom stereocenters. The summed E-state index contributed by atoms with van der Waals surface area (Å²) >= 11 is 0. The van der Waals surface area contributed by atoms with Crippen molar-refractivity contribution in [3.8, 4) is 0 Å². The van der Waals surface area contributed by atoms with Crippen LogP contribution in [0.4, 0.5) is 0 Å². The van der Waals surface area contributed by atoms with E-state index in [1.54, 1.807) is 18.3 Å². The summed E-state index contributed by atoms with van der Waals surface area (Å²) in [6, 6.07) is 3.89. The average molecular weight is 349 g/mol. The topological polar surface area (TPSA) is 62.5 Å². The van der Waals surface area contributed by atoms with Crippen molar-refractivity contribution >= 4 is 30.7 Å². The van der Waals surface area contributed by atoms with E-state index >= 15 is 0 Å². The minimum absolute atomic E-state index is 0. The highest BCUT2D eigenvalue weighted by atomic mass is 35.5. The molecule has 0 bridgehead atoms. The van der Waals surface area contributed by atoms with Crippen molar-refractivity contribution in [3.05, 3.63) is 29.6 Å². The van der Waals surface area contributed by atoms with E-state index in [0.29, 0.717) is 18.2 Å². The highest BCUT2D eigenvalue weighted by Crippen LogP contribution is 2.17. The minimum Gasteiger partial charge on any atom is -0.339 e. The van der Waals surface area contributed by atoms with Gasteiger partial charge in [0.15, 0.2) is 0 Å².